The number of carbonyl (C=O) groups excluding carboxylic acids is 2. The van der Waals surface area contributed by atoms with E-state index in [-0.39, 0.29) is 6.42 Å². The van der Waals surface area contributed by atoms with E-state index in [9.17, 15) is 18.4 Å². The van der Waals surface area contributed by atoms with Gasteiger partial charge in [-0.2, -0.15) is 20.1 Å². The maximum Gasteiger partial charge on any atom is 0.306 e. The minimum absolute atomic E-state index is 0.202. The number of carbonyl (C=O) groups is 2. The van der Waals surface area contributed by atoms with Crippen LogP contribution in [-0.4, -0.2) is 23.7 Å². The molecule has 8 heteroatoms. The van der Waals surface area contributed by atoms with Crippen molar-refractivity contribution in [2.24, 2.45) is 0 Å². The fourth-order valence-corrected chi connectivity index (χ4v) is 3.16. The summed E-state index contributed by atoms with van der Waals surface area (Å²) in [5.74, 6) is -3.41. The summed E-state index contributed by atoms with van der Waals surface area (Å²) >= 11 is 1.99. The second-order valence-electron chi connectivity index (χ2n) is 5.16. The number of alkyl halides is 2. The molecule has 0 unspecified atom stereocenters. The summed E-state index contributed by atoms with van der Waals surface area (Å²) in [4.78, 5) is 24.2. The number of anilines is 1. The molecule has 4 nitrogen and oxygen atoms in total. The topological polar surface area (TPSA) is 55.4 Å². The Labute approximate surface area is 152 Å². The fraction of sp³-hybridized carbons (Fsp3) is 0.294. The van der Waals surface area contributed by atoms with Crippen LogP contribution in [0.1, 0.15) is 18.9 Å². The number of rotatable bonds is 8. The lowest BCUT2D eigenvalue weighted by Crippen LogP contribution is -2.30. The van der Waals surface area contributed by atoms with Crippen LogP contribution in [-0.2, 0) is 20.7 Å². The van der Waals surface area contributed by atoms with Crippen LogP contribution >= 0.6 is 23.1 Å². The molecule has 1 heterocycles. The van der Waals surface area contributed by atoms with E-state index in [0.29, 0.717) is 28.8 Å². The van der Waals surface area contributed by atoms with Crippen LogP contribution in [0.3, 0.4) is 0 Å². The molecule has 2 aromatic rings. The first-order valence-electron chi connectivity index (χ1n) is 7.50. The van der Waals surface area contributed by atoms with Gasteiger partial charge in [-0.15, -0.1) is 0 Å². The SMILES string of the molecule is C[C@H](OC(=O)CCc1ccsc1)C(=O)Nc1ccc(SC(F)F)cc1. The Kier molecular flexibility index (Phi) is 7.39. The molecule has 134 valence electrons. The molecular weight excluding hydrogens is 368 g/mol. The van der Waals surface area contributed by atoms with Crippen molar-refractivity contribution in [1.29, 1.82) is 0 Å². The average Bonchev–Trinajstić information content (AvgIpc) is 3.07. The summed E-state index contributed by atoms with van der Waals surface area (Å²) in [6.07, 6.45) is -0.168. The molecule has 0 aliphatic rings. The van der Waals surface area contributed by atoms with Crippen LogP contribution in [0.2, 0.25) is 0 Å². The van der Waals surface area contributed by atoms with Crippen molar-refractivity contribution in [3.8, 4) is 0 Å². The number of esters is 1. The lowest BCUT2D eigenvalue weighted by molar-refractivity contribution is -0.153. The Balaban J connectivity index is 1.78. The first-order valence-corrected chi connectivity index (χ1v) is 9.32. The first kappa shape index (κ1) is 19.4. The van der Waals surface area contributed by atoms with Crippen molar-refractivity contribution in [2.45, 2.75) is 36.5 Å². The number of hydrogen-bond acceptors (Lipinski definition) is 5. The van der Waals surface area contributed by atoms with Crippen LogP contribution in [0, 0.1) is 0 Å². The summed E-state index contributed by atoms with van der Waals surface area (Å²) in [5.41, 5.74) is 1.51. The predicted molar refractivity (Wildman–Crippen MR) is 95.1 cm³/mol. The quantitative estimate of drug-likeness (QED) is 0.534. The summed E-state index contributed by atoms with van der Waals surface area (Å²) in [6, 6.07) is 7.96. The standard InChI is InChI=1S/C17H17F2NO3S2/c1-11(23-15(21)7-2-12-8-9-24-10-12)16(22)20-13-3-5-14(6-4-13)25-17(18)19/h3-6,8-11,17H,2,7H2,1H3,(H,20,22)/t11-/m0/s1. The highest BCUT2D eigenvalue weighted by molar-refractivity contribution is 7.99. The van der Waals surface area contributed by atoms with Gasteiger partial charge in [0.25, 0.3) is 11.7 Å². The molecule has 0 saturated heterocycles. The number of nitrogens with one attached hydrogen (secondary N) is 1. The number of hydrogen-bond donors (Lipinski definition) is 1. The van der Waals surface area contributed by atoms with Gasteiger partial charge in [0.2, 0.25) is 0 Å². The largest absolute Gasteiger partial charge is 0.453 e. The maximum absolute atomic E-state index is 12.3. The molecule has 1 aromatic carbocycles. The first-order chi connectivity index (χ1) is 11.9. The molecule has 0 spiro atoms. The highest BCUT2D eigenvalue weighted by atomic mass is 32.2. The molecule has 0 bridgehead atoms. The van der Waals surface area contributed by atoms with Crippen LogP contribution in [0.5, 0.6) is 0 Å². The van der Waals surface area contributed by atoms with Gasteiger partial charge in [-0.05, 0) is 60.0 Å². The lowest BCUT2D eigenvalue weighted by Gasteiger charge is -2.13. The molecule has 1 amide bonds. The summed E-state index contributed by atoms with van der Waals surface area (Å²) in [7, 11) is 0. The third-order valence-corrected chi connectivity index (χ3v) is 4.68. The van der Waals surface area contributed by atoms with E-state index in [2.05, 4.69) is 5.32 Å². The van der Waals surface area contributed by atoms with E-state index >= 15 is 0 Å². The van der Waals surface area contributed by atoms with Gasteiger partial charge in [-0.3, -0.25) is 9.59 Å². The van der Waals surface area contributed by atoms with Gasteiger partial charge in [0, 0.05) is 17.0 Å². The van der Waals surface area contributed by atoms with Crippen molar-refractivity contribution in [2.75, 3.05) is 5.32 Å². The average molecular weight is 385 g/mol. The molecule has 0 radical (unpaired) electrons. The van der Waals surface area contributed by atoms with Crippen molar-refractivity contribution in [1.82, 2.24) is 0 Å². The number of amides is 1. The molecule has 0 aliphatic heterocycles. The highest BCUT2D eigenvalue weighted by Crippen LogP contribution is 2.26. The molecule has 0 aliphatic carbocycles. The van der Waals surface area contributed by atoms with Crippen LogP contribution in [0.25, 0.3) is 0 Å². The van der Waals surface area contributed by atoms with E-state index in [0.717, 1.165) is 5.56 Å². The normalized spacial score (nSPS) is 12.0. The van der Waals surface area contributed by atoms with Gasteiger partial charge in [-0.25, -0.2) is 0 Å². The molecule has 1 atom stereocenters. The number of thiophene rings is 1. The monoisotopic (exact) mass is 385 g/mol. The zero-order valence-corrected chi connectivity index (χ0v) is 15.0. The number of thioether (sulfide) groups is 1. The summed E-state index contributed by atoms with van der Waals surface area (Å²) in [6.45, 7) is 1.48. The van der Waals surface area contributed by atoms with E-state index < -0.39 is 23.7 Å². The predicted octanol–water partition coefficient (Wildman–Crippen LogP) is 4.57. The van der Waals surface area contributed by atoms with Gasteiger partial charge < -0.3 is 10.1 Å². The zero-order chi connectivity index (χ0) is 18.2. The maximum atomic E-state index is 12.3. The minimum Gasteiger partial charge on any atom is -0.453 e. The number of benzene rings is 1. The number of ether oxygens (including phenoxy) is 1. The Bertz CT molecular complexity index is 690. The van der Waals surface area contributed by atoms with E-state index in [1.165, 1.54) is 31.2 Å². The van der Waals surface area contributed by atoms with Crippen LogP contribution in [0.4, 0.5) is 14.5 Å². The molecule has 2 rings (SSSR count). The molecule has 0 saturated carbocycles. The second-order valence-corrected chi connectivity index (χ2v) is 7.00. The molecule has 1 aromatic heterocycles. The van der Waals surface area contributed by atoms with Gasteiger partial charge in [-0.1, -0.05) is 11.8 Å². The van der Waals surface area contributed by atoms with E-state index in [4.69, 9.17) is 4.74 Å². The van der Waals surface area contributed by atoms with Gasteiger partial charge in [0.15, 0.2) is 6.10 Å². The third kappa shape index (κ3) is 6.83. The molecular formula is C17H17F2NO3S2. The lowest BCUT2D eigenvalue weighted by atomic mass is 10.2. The Morgan fingerprint density at radius 2 is 1.96 bits per heavy atom. The zero-order valence-electron chi connectivity index (χ0n) is 13.4. The number of halogens is 2. The van der Waals surface area contributed by atoms with Crippen molar-refractivity contribution >= 4 is 40.7 Å². The van der Waals surface area contributed by atoms with Crippen molar-refractivity contribution in [3.05, 3.63) is 46.7 Å². The van der Waals surface area contributed by atoms with E-state index in [1.807, 2.05) is 16.8 Å². The van der Waals surface area contributed by atoms with Crippen LogP contribution in [0.15, 0.2) is 46.0 Å². The number of aryl methyl sites for hydroxylation is 1. The molecule has 25 heavy (non-hydrogen) atoms. The van der Waals surface area contributed by atoms with Crippen LogP contribution < -0.4 is 5.32 Å². The Morgan fingerprint density at radius 3 is 2.56 bits per heavy atom. The second kappa shape index (κ2) is 9.53. The third-order valence-electron chi connectivity index (χ3n) is 3.22. The summed E-state index contributed by atoms with van der Waals surface area (Å²) < 4.78 is 29.6. The van der Waals surface area contributed by atoms with Crippen molar-refractivity contribution < 1.29 is 23.1 Å². The van der Waals surface area contributed by atoms with Gasteiger partial charge in [0.05, 0.1) is 0 Å². The Hall–Kier alpha value is -1.93. The minimum atomic E-state index is -2.49. The van der Waals surface area contributed by atoms with E-state index in [1.54, 1.807) is 11.3 Å². The summed E-state index contributed by atoms with van der Waals surface area (Å²) in [5, 5.41) is 6.48. The fourth-order valence-electron chi connectivity index (χ4n) is 1.95. The van der Waals surface area contributed by atoms with Gasteiger partial charge >= 0.3 is 5.97 Å². The molecule has 1 N–H and O–H groups in total. The van der Waals surface area contributed by atoms with Gasteiger partial charge in [0.1, 0.15) is 0 Å². The molecule has 0 fully saturated rings. The van der Waals surface area contributed by atoms with Crippen molar-refractivity contribution in [3.63, 3.8) is 0 Å². The Morgan fingerprint density at radius 1 is 1.24 bits per heavy atom. The smallest absolute Gasteiger partial charge is 0.306 e. The highest BCUT2D eigenvalue weighted by Gasteiger charge is 2.18.